The fourth-order valence-electron chi connectivity index (χ4n) is 2.02. The van der Waals surface area contributed by atoms with Gasteiger partial charge in [0.25, 0.3) is 0 Å². The first-order valence-electron chi connectivity index (χ1n) is 6.37. The number of nitriles is 1. The van der Waals surface area contributed by atoms with Crippen molar-refractivity contribution in [3.63, 3.8) is 0 Å². The van der Waals surface area contributed by atoms with Gasteiger partial charge in [-0.3, -0.25) is 4.68 Å². The molecule has 0 amide bonds. The molecule has 2 radical (unpaired) electrons. The third kappa shape index (κ3) is 2.47. The highest BCUT2D eigenvalue weighted by Crippen LogP contribution is 2.33. The molecular weight excluding hydrogens is 283 g/mol. The summed E-state index contributed by atoms with van der Waals surface area (Å²) in [6, 6.07) is 2.16. The zero-order chi connectivity index (χ0) is 15.7. The van der Waals surface area contributed by atoms with E-state index < -0.39 is 0 Å². The second-order valence-corrected chi connectivity index (χ2v) is 5.61. The van der Waals surface area contributed by atoms with Gasteiger partial charge in [0.05, 0.1) is 10.6 Å². The standard InChI is InChI=1S/C14H15BN4OS/c1-7-9(3)18-21-14(7)13(20-15)11(6-16)12-8(2)10(4)19(5)17-12/h1-5H3. The van der Waals surface area contributed by atoms with Crippen LogP contribution in [0, 0.1) is 39.0 Å². The first kappa shape index (κ1) is 15.3. The lowest BCUT2D eigenvalue weighted by Crippen LogP contribution is -1.97. The molecule has 0 aliphatic carbocycles. The highest BCUT2D eigenvalue weighted by molar-refractivity contribution is 7.07. The minimum atomic E-state index is 0.321. The van der Waals surface area contributed by atoms with Crippen molar-refractivity contribution in [1.82, 2.24) is 14.2 Å². The molecule has 0 atom stereocenters. The molecule has 0 N–H and O–H groups in total. The molecule has 0 bridgehead atoms. The largest absolute Gasteiger partial charge is 0.566 e. The van der Waals surface area contributed by atoms with Crippen LogP contribution in [0.3, 0.4) is 0 Å². The molecule has 0 saturated heterocycles. The first-order chi connectivity index (χ1) is 9.92. The Bertz CT molecular complexity index is 767. The van der Waals surface area contributed by atoms with E-state index in [9.17, 15) is 5.26 Å². The summed E-state index contributed by atoms with van der Waals surface area (Å²) in [5.41, 5.74) is 4.69. The van der Waals surface area contributed by atoms with E-state index in [1.165, 1.54) is 11.5 Å². The van der Waals surface area contributed by atoms with Gasteiger partial charge in [0.15, 0.2) is 0 Å². The second-order valence-electron chi connectivity index (χ2n) is 4.84. The highest BCUT2D eigenvalue weighted by atomic mass is 32.1. The molecule has 0 unspecified atom stereocenters. The molecular formula is C14H15BN4OS. The van der Waals surface area contributed by atoms with Crippen LogP contribution in [0.2, 0.25) is 0 Å². The molecule has 2 aromatic rings. The van der Waals surface area contributed by atoms with Crippen molar-refractivity contribution in [2.45, 2.75) is 27.7 Å². The summed E-state index contributed by atoms with van der Waals surface area (Å²) >= 11 is 1.27. The summed E-state index contributed by atoms with van der Waals surface area (Å²) in [5.74, 6) is 0.321. The normalized spacial score (nSPS) is 12.0. The zero-order valence-electron chi connectivity index (χ0n) is 12.7. The molecule has 7 heteroatoms. The van der Waals surface area contributed by atoms with E-state index in [0.29, 0.717) is 17.0 Å². The maximum absolute atomic E-state index is 9.56. The number of aromatic nitrogens is 3. The van der Waals surface area contributed by atoms with Gasteiger partial charge >= 0.3 is 8.05 Å². The lowest BCUT2D eigenvalue weighted by atomic mass is 10.0. The van der Waals surface area contributed by atoms with E-state index in [1.54, 1.807) is 4.68 Å². The molecule has 21 heavy (non-hydrogen) atoms. The van der Waals surface area contributed by atoms with E-state index in [1.807, 2.05) is 34.7 Å². The van der Waals surface area contributed by atoms with Crippen molar-refractivity contribution < 1.29 is 4.65 Å². The Morgan fingerprint density at radius 3 is 2.33 bits per heavy atom. The minimum absolute atomic E-state index is 0.321. The number of nitrogens with zero attached hydrogens (tertiary/aromatic N) is 4. The average Bonchev–Trinajstić information content (AvgIpc) is 2.92. The van der Waals surface area contributed by atoms with Gasteiger partial charge in [0.1, 0.15) is 23.1 Å². The number of hydrogen-bond acceptors (Lipinski definition) is 5. The summed E-state index contributed by atoms with van der Waals surface area (Å²) in [6.45, 7) is 7.71. The topological polar surface area (TPSA) is 63.7 Å². The molecule has 2 rings (SSSR count). The van der Waals surface area contributed by atoms with Crippen LogP contribution < -0.4 is 0 Å². The molecule has 0 aliphatic rings. The maximum Gasteiger partial charge on any atom is 0.374 e. The third-order valence-electron chi connectivity index (χ3n) is 3.69. The van der Waals surface area contributed by atoms with Gasteiger partial charge in [0, 0.05) is 12.7 Å². The van der Waals surface area contributed by atoms with Crippen molar-refractivity contribution in [3.05, 3.63) is 33.1 Å². The molecule has 2 heterocycles. The van der Waals surface area contributed by atoms with E-state index >= 15 is 0 Å². The Balaban J connectivity index is 2.73. The summed E-state index contributed by atoms with van der Waals surface area (Å²) in [7, 11) is 7.27. The lowest BCUT2D eigenvalue weighted by molar-refractivity contribution is 0.576. The smallest absolute Gasteiger partial charge is 0.374 e. The third-order valence-corrected chi connectivity index (χ3v) is 4.73. The summed E-state index contributed by atoms with van der Waals surface area (Å²) in [4.78, 5) is 0.759. The van der Waals surface area contributed by atoms with Crippen LogP contribution in [-0.4, -0.2) is 22.2 Å². The van der Waals surface area contributed by atoms with E-state index in [2.05, 4.69) is 15.5 Å². The Hall–Kier alpha value is -2.07. The number of hydrogen-bond donors (Lipinski definition) is 0. The van der Waals surface area contributed by atoms with Crippen LogP contribution in [0.25, 0.3) is 11.3 Å². The van der Waals surface area contributed by atoms with Crippen molar-refractivity contribution in [1.29, 1.82) is 5.26 Å². The van der Waals surface area contributed by atoms with E-state index in [-0.39, 0.29) is 0 Å². The predicted octanol–water partition coefficient (Wildman–Crippen LogP) is 2.60. The molecule has 0 aromatic carbocycles. The van der Waals surface area contributed by atoms with Crippen molar-refractivity contribution >= 4 is 30.9 Å². The Morgan fingerprint density at radius 1 is 1.29 bits per heavy atom. The van der Waals surface area contributed by atoms with Crippen LogP contribution in [0.5, 0.6) is 0 Å². The molecule has 2 aromatic heterocycles. The maximum atomic E-state index is 9.56. The summed E-state index contributed by atoms with van der Waals surface area (Å²) < 4.78 is 11.0. The van der Waals surface area contributed by atoms with E-state index in [4.69, 9.17) is 12.7 Å². The molecule has 0 saturated carbocycles. The number of allylic oxidation sites excluding steroid dienone is 1. The van der Waals surface area contributed by atoms with Gasteiger partial charge in [-0.15, -0.1) is 0 Å². The molecule has 0 fully saturated rings. The summed E-state index contributed by atoms with van der Waals surface area (Å²) in [6.07, 6.45) is 0. The summed E-state index contributed by atoms with van der Waals surface area (Å²) in [5, 5.41) is 14.0. The quantitative estimate of drug-likeness (QED) is 0.496. The van der Waals surface area contributed by atoms with Gasteiger partial charge in [-0.1, -0.05) is 0 Å². The van der Waals surface area contributed by atoms with Gasteiger partial charge in [0.2, 0.25) is 0 Å². The zero-order valence-corrected chi connectivity index (χ0v) is 13.5. The van der Waals surface area contributed by atoms with Crippen LogP contribution >= 0.6 is 11.5 Å². The minimum Gasteiger partial charge on any atom is -0.566 e. The van der Waals surface area contributed by atoms with Gasteiger partial charge in [-0.05, 0) is 50.4 Å². The predicted molar refractivity (Wildman–Crippen MR) is 83.5 cm³/mol. The van der Waals surface area contributed by atoms with Gasteiger partial charge < -0.3 is 4.65 Å². The van der Waals surface area contributed by atoms with Crippen LogP contribution in [0.4, 0.5) is 0 Å². The van der Waals surface area contributed by atoms with Crippen molar-refractivity contribution in [2.75, 3.05) is 0 Å². The van der Waals surface area contributed by atoms with Crippen molar-refractivity contribution in [2.24, 2.45) is 7.05 Å². The van der Waals surface area contributed by atoms with Crippen LogP contribution in [-0.2, 0) is 11.7 Å². The SMILES string of the molecule is [B]OC(=C(C#N)c1nn(C)c(C)c1C)c1snc(C)c1C. The number of rotatable bonds is 3. The molecule has 5 nitrogen and oxygen atoms in total. The Labute approximate surface area is 129 Å². The Morgan fingerprint density at radius 2 is 1.95 bits per heavy atom. The van der Waals surface area contributed by atoms with Crippen molar-refractivity contribution in [3.8, 4) is 6.07 Å². The van der Waals surface area contributed by atoms with Gasteiger partial charge in [-0.25, -0.2) is 0 Å². The fraction of sp³-hybridized carbons (Fsp3) is 0.357. The van der Waals surface area contributed by atoms with Gasteiger partial charge in [-0.2, -0.15) is 14.7 Å². The first-order valence-corrected chi connectivity index (χ1v) is 7.14. The number of aryl methyl sites for hydroxylation is 2. The van der Waals surface area contributed by atoms with E-state index in [0.717, 1.165) is 27.4 Å². The molecule has 0 aliphatic heterocycles. The highest BCUT2D eigenvalue weighted by Gasteiger charge is 2.22. The van der Waals surface area contributed by atoms with Crippen LogP contribution in [0.1, 0.15) is 33.1 Å². The Kier molecular flexibility index (Phi) is 4.19. The average molecular weight is 298 g/mol. The molecule has 0 spiro atoms. The molecule has 106 valence electrons. The van der Waals surface area contributed by atoms with Crippen LogP contribution in [0.15, 0.2) is 0 Å². The fourth-order valence-corrected chi connectivity index (χ4v) is 2.90. The second kappa shape index (κ2) is 5.74. The lowest BCUT2D eigenvalue weighted by Gasteiger charge is -2.08. The monoisotopic (exact) mass is 298 g/mol.